The normalized spacial score (nSPS) is 12.0. The van der Waals surface area contributed by atoms with Crippen molar-refractivity contribution in [1.82, 2.24) is 14.9 Å². The van der Waals surface area contributed by atoms with E-state index in [1.54, 1.807) is 19.9 Å². The van der Waals surface area contributed by atoms with Gasteiger partial charge in [-0.2, -0.15) is 0 Å². The van der Waals surface area contributed by atoms with Crippen LogP contribution in [0.3, 0.4) is 0 Å². The molecular formula is C20H20ClN3O4S. The molecular weight excluding hydrogens is 414 g/mol. The number of carbonyl (C=O) groups excluding carboxylic acids is 2. The number of ether oxygens (including phenoxy) is 1. The molecule has 0 radical (unpaired) electrons. The number of thiophene rings is 1. The van der Waals surface area contributed by atoms with Crippen molar-refractivity contribution in [1.29, 1.82) is 0 Å². The summed E-state index contributed by atoms with van der Waals surface area (Å²) in [6.45, 7) is 5.26. The second kappa shape index (κ2) is 8.75. The highest BCUT2D eigenvalue weighted by Gasteiger charge is 2.21. The summed E-state index contributed by atoms with van der Waals surface area (Å²) < 4.78 is 6.26. The van der Waals surface area contributed by atoms with Gasteiger partial charge in [0, 0.05) is 5.02 Å². The first-order chi connectivity index (χ1) is 13.8. The van der Waals surface area contributed by atoms with Crippen molar-refractivity contribution in [2.45, 2.75) is 33.4 Å². The number of aromatic nitrogens is 2. The number of amides is 1. The van der Waals surface area contributed by atoms with Crippen molar-refractivity contribution in [2.75, 3.05) is 6.61 Å². The highest BCUT2D eigenvalue weighted by Crippen LogP contribution is 2.27. The van der Waals surface area contributed by atoms with Gasteiger partial charge in [0.2, 0.25) is 5.91 Å². The molecule has 0 aliphatic heterocycles. The second-order valence-electron chi connectivity index (χ2n) is 6.45. The fraction of sp³-hybridized carbons (Fsp3) is 0.300. The van der Waals surface area contributed by atoms with Crippen molar-refractivity contribution in [3.63, 3.8) is 0 Å². The molecule has 2 heterocycles. The summed E-state index contributed by atoms with van der Waals surface area (Å²) in [4.78, 5) is 42.4. The monoisotopic (exact) mass is 433 g/mol. The number of nitrogens with one attached hydrogen (secondary N) is 1. The van der Waals surface area contributed by atoms with Gasteiger partial charge in [0.1, 0.15) is 16.3 Å². The Morgan fingerprint density at radius 3 is 2.76 bits per heavy atom. The molecule has 29 heavy (non-hydrogen) atoms. The number of hydrogen-bond acceptors (Lipinski definition) is 6. The molecule has 3 rings (SSSR count). The summed E-state index contributed by atoms with van der Waals surface area (Å²) in [5.41, 5.74) is 0.927. The van der Waals surface area contributed by atoms with Gasteiger partial charge in [-0.1, -0.05) is 29.8 Å². The zero-order valence-electron chi connectivity index (χ0n) is 16.2. The predicted octanol–water partition coefficient (Wildman–Crippen LogP) is 3.47. The Morgan fingerprint density at radius 1 is 1.34 bits per heavy atom. The van der Waals surface area contributed by atoms with Gasteiger partial charge >= 0.3 is 5.97 Å². The standard InChI is InChI=1S/C20H20ClN3O4S/c1-4-28-20(27)17-11(2)16-18(29-17)22-10-24(19(16)26)9-15(25)23-12(3)13-7-5-6-8-14(13)21/h5-8,10,12H,4,9H2,1-3H3,(H,23,25). The highest BCUT2D eigenvalue weighted by atomic mass is 35.5. The van der Waals surface area contributed by atoms with E-state index < -0.39 is 5.97 Å². The number of halogens is 1. The average molecular weight is 434 g/mol. The van der Waals surface area contributed by atoms with Crippen molar-refractivity contribution < 1.29 is 14.3 Å². The first-order valence-electron chi connectivity index (χ1n) is 9.02. The molecule has 7 nitrogen and oxygen atoms in total. The number of fused-ring (bicyclic) bond motifs is 1. The minimum absolute atomic E-state index is 0.194. The zero-order chi connectivity index (χ0) is 21.1. The van der Waals surface area contributed by atoms with Crippen LogP contribution in [-0.4, -0.2) is 28.0 Å². The molecule has 1 aromatic carbocycles. The predicted molar refractivity (Wildman–Crippen MR) is 113 cm³/mol. The molecule has 0 fully saturated rings. The summed E-state index contributed by atoms with van der Waals surface area (Å²) >= 11 is 7.28. The third-order valence-electron chi connectivity index (χ3n) is 4.44. The molecule has 3 aromatic rings. The number of esters is 1. The SMILES string of the molecule is CCOC(=O)c1sc2ncn(CC(=O)NC(C)c3ccccc3Cl)c(=O)c2c1C. The number of rotatable bonds is 6. The molecule has 0 aliphatic rings. The molecule has 152 valence electrons. The molecule has 2 aromatic heterocycles. The van der Waals surface area contributed by atoms with Gasteiger partial charge in [-0.3, -0.25) is 14.2 Å². The molecule has 1 N–H and O–H groups in total. The zero-order valence-corrected chi connectivity index (χ0v) is 17.8. The lowest BCUT2D eigenvalue weighted by atomic mass is 10.1. The molecule has 1 unspecified atom stereocenters. The summed E-state index contributed by atoms with van der Waals surface area (Å²) in [5.74, 6) is -0.829. The van der Waals surface area contributed by atoms with Crippen LogP contribution in [0.25, 0.3) is 10.2 Å². The van der Waals surface area contributed by atoms with Crippen LogP contribution in [0.2, 0.25) is 5.02 Å². The van der Waals surface area contributed by atoms with Crippen LogP contribution in [0.1, 0.15) is 40.7 Å². The van der Waals surface area contributed by atoms with Gasteiger partial charge in [0.25, 0.3) is 5.56 Å². The van der Waals surface area contributed by atoms with E-state index in [1.807, 2.05) is 25.1 Å². The van der Waals surface area contributed by atoms with E-state index in [2.05, 4.69) is 10.3 Å². The largest absolute Gasteiger partial charge is 0.462 e. The van der Waals surface area contributed by atoms with Gasteiger partial charge in [-0.05, 0) is 38.0 Å². The minimum Gasteiger partial charge on any atom is -0.462 e. The number of hydrogen-bond donors (Lipinski definition) is 1. The van der Waals surface area contributed by atoms with E-state index in [0.29, 0.717) is 25.7 Å². The van der Waals surface area contributed by atoms with Gasteiger partial charge < -0.3 is 10.1 Å². The Labute approximate surface area is 176 Å². The van der Waals surface area contributed by atoms with Crippen LogP contribution >= 0.6 is 22.9 Å². The molecule has 1 amide bonds. The Bertz CT molecular complexity index is 1140. The quantitative estimate of drug-likeness (QED) is 0.601. The maximum Gasteiger partial charge on any atom is 0.348 e. The topological polar surface area (TPSA) is 90.3 Å². The Morgan fingerprint density at radius 2 is 2.07 bits per heavy atom. The fourth-order valence-electron chi connectivity index (χ4n) is 3.01. The van der Waals surface area contributed by atoms with E-state index in [4.69, 9.17) is 16.3 Å². The maximum atomic E-state index is 12.9. The van der Waals surface area contributed by atoms with Crippen LogP contribution in [0.4, 0.5) is 0 Å². The lowest BCUT2D eigenvalue weighted by molar-refractivity contribution is -0.122. The summed E-state index contributed by atoms with van der Waals surface area (Å²) in [6.07, 6.45) is 1.31. The van der Waals surface area contributed by atoms with Crippen molar-refractivity contribution in [3.05, 3.63) is 62.0 Å². The van der Waals surface area contributed by atoms with Gasteiger partial charge in [-0.15, -0.1) is 11.3 Å². The lowest BCUT2D eigenvalue weighted by Gasteiger charge is -2.16. The van der Waals surface area contributed by atoms with Gasteiger partial charge in [0.15, 0.2) is 0 Å². The Kier molecular flexibility index (Phi) is 6.34. The second-order valence-corrected chi connectivity index (χ2v) is 7.85. The Balaban J connectivity index is 1.83. The number of aryl methyl sites for hydroxylation is 1. The van der Waals surface area contributed by atoms with E-state index in [9.17, 15) is 14.4 Å². The van der Waals surface area contributed by atoms with Crippen LogP contribution in [-0.2, 0) is 16.1 Å². The smallest absolute Gasteiger partial charge is 0.348 e. The number of carbonyl (C=O) groups is 2. The molecule has 9 heteroatoms. The van der Waals surface area contributed by atoms with E-state index in [1.165, 1.54) is 10.9 Å². The highest BCUT2D eigenvalue weighted by molar-refractivity contribution is 7.20. The third kappa shape index (κ3) is 4.33. The van der Waals surface area contributed by atoms with Gasteiger partial charge in [0.05, 0.1) is 24.4 Å². The van der Waals surface area contributed by atoms with E-state index in [0.717, 1.165) is 16.9 Å². The molecule has 0 saturated heterocycles. The lowest BCUT2D eigenvalue weighted by Crippen LogP contribution is -2.34. The summed E-state index contributed by atoms with van der Waals surface area (Å²) in [6, 6.07) is 6.92. The summed E-state index contributed by atoms with van der Waals surface area (Å²) in [5, 5.41) is 3.72. The first kappa shape index (κ1) is 21.0. The maximum absolute atomic E-state index is 12.9. The van der Waals surface area contributed by atoms with Crippen molar-refractivity contribution in [3.8, 4) is 0 Å². The van der Waals surface area contributed by atoms with Crippen molar-refractivity contribution in [2.24, 2.45) is 0 Å². The molecule has 0 spiro atoms. The van der Waals surface area contributed by atoms with Crippen molar-refractivity contribution >= 4 is 45.0 Å². The summed E-state index contributed by atoms with van der Waals surface area (Å²) in [7, 11) is 0. The van der Waals surface area contributed by atoms with Crippen LogP contribution in [0.5, 0.6) is 0 Å². The number of benzene rings is 1. The van der Waals surface area contributed by atoms with Crippen LogP contribution in [0.15, 0.2) is 35.4 Å². The van der Waals surface area contributed by atoms with Crippen LogP contribution in [0, 0.1) is 6.92 Å². The average Bonchev–Trinajstić information content (AvgIpc) is 3.02. The van der Waals surface area contributed by atoms with E-state index >= 15 is 0 Å². The molecule has 0 bridgehead atoms. The van der Waals surface area contributed by atoms with E-state index in [-0.39, 0.29) is 30.7 Å². The Hall–Kier alpha value is -2.71. The first-order valence-corrected chi connectivity index (χ1v) is 10.2. The fourth-order valence-corrected chi connectivity index (χ4v) is 4.34. The van der Waals surface area contributed by atoms with Crippen LogP contribution < -0.4 is 10.9 Å². The minimum atomic E-state index is -0.481. The molecule has 0 saturated carbocycles. The molecule has 0 aliphatic carbocycles. The van der Waals surface area contributed by atoms with Gasteiger partial charge in [-0.25, -0.2) is 9.78 Å². The number of nitrogens with zero attached hydrogens (tertiary/aromatic N) is 2. The third-order valence-corrected chi connectivity index (χ3v) is 5.97. The molecule has 1 atom stereocenters.